The first kappa shape index (κ1) is 22.1. The van der Waals surface area contributed by atoms with Gasteiger partial charge in [-0.25, -0.2) is 0 Å². The lowest BCUT2D eigenvalue weighted by Gasteiger charge is -2.17. The van der Waals surface area contributed by atoms with Crippen molar-refractivity contribution in [3.05, 3.63) is 0 Å². The van der Waals surface area contributed by atoms with Gasteiger partial charge in [-0.15, -0.1) is 0 Å². The number of hydrogen-bond donors (Lipinski definition) is 8. The molecule has 0 radical (unpaired) electrons. The quantitative estimate of drug-likeness (QED) is 0.206. The summed E-state index contributed by atoms with van der Waals surface area (Å²) in [6, 6.07) is 0. The van der Waals surface area contributed by atoms with E-state index < -0.39 is 49.8 Å². The minimum atomic E-state index is -1.40. The van der Waals surface area contributed by atoms with Crippen LogP contribution in [-0.2, 0) is 0 Å². The molecule has 10 heteroatoms. The maximum atomic E-state index is 8.83. The molecule has 20 heavy (non-hydrogen) atoms. The van der Waals surface area contributed by atoms with Crippen molar-refractivity contribution in [1.82, 2.24) is 0 Å². The normalized spacial score (nSPS) is 19.6. The largest absolute Gasteiger partial charge is 0.394 e. The van der Waals surface area contributed by atoms with Gasteiger partial charge in [-0.1, -0.05) is 24.4 Å². The van der Waals surface area contributed by atoms with E-state index in [4.69, 9.17) is 40.9 Å². The van der Waals surface area contributed by atoms with Gasteiger partial charge >= 0.3 is 0 Å². The minimum absolute atomic E-state index is 0.596. The van der Waals surface area contributed by atoms with Crippen molar-refractivity contribution >= 4 is 35.2 Å². The Morgan fingerprint density at radius 2 is 0.900 bits per heavy atom. The predicted octanol–water partition coefficient (Wildman–Crippen LogP) is -3.88. The summed E-state index contributed by atoms with van der Waals surface area (Å²) in [6.07, 6.45) is -8.01. The van der Waals surface area contributed by atoms with E-state index >= 15 is 0 Å². The van der Waals surface area contributed by atoms with Crippen molar-refractivity contribution in [1.29, 1.82) is 0 Å². The highest BCUT2D eigenvalue weighted by molar-refractivity contribution is 7.79. The van der Waals surface area contributed by atoms with Gasteiger partial charge in [0.15, 0.2) is 0 Å². The van der Waals surface area contributed by atoms with Crippen LogP contribution in [0.5, 0.6) is 0 Å². The number of aliphatic hydroxyl groups excluding tert-OH is 8. The molecule has 0 aliphatic heterocycles. The third kappa shape index (κ3) is 8.92. The Bertz CT molecular complexity index is 242. The van der Waals surface area contributed by atoms with Gasteiger partial charge in [0.2, 0.25) is 0 Å². The fourth-order valence-corrected chi connectivity index (χ4v) is 1.15. The van der Waals surface area contributed by atoms with Crippen LogP contribution in [0, 0.1) is 0 Å². The number of hydrogen-bond acceptors (Lipinski definition) is 10. The van der Waals surface area contributed by atoms with E-state index in [1.165, 1.54) is 0 Å². The molecule has 0 aliphatic rings. The van der Waals surface area contributed by atoms with Gasteiger partial charge < -0.3 is 40.9 Å². The number of aliphatic hydroxyl groups is 8. The molecule has 6 atom stereocenters. The zero-order chi connectivity index (χ0) is 16.3. The van der Waals surface area contributed by atoms with Crippen LogP contribution in [0.25, 0.3) is 0 Å². The summed E-state index contributed by atoms with van der Waals surface area (Å²) in [7, 11) is 0. The summed E-state index contributed by atoms with van der Waals surface area (Å²) in [5, 5.41) is 71.0. The highest BCUT2D eigenvalue weighted by Crippen LogP contribution is 1.97. The first-order valence-electron chi connectivity index (χ1n) is 5.47. The molecule has 6 unspecified atom stereocenters. The summed E-state index contributed by atoms with van der Waals surface area (Å²) in [4.78, 5) is 0. The van der Waals surface area contributed by atoms with Crippen LogP contribution in [0.1, 0.15) is 0 Å². The van der Waals surface area contributed by atoms with Gasteiger partial charge in [0.1, 0.15) is 36.6 Å². The van der Waals surface area contributed by atoms with Crippen molar-refractivity contribution < 1.29 is 40.9 Å². The molecule has 0 amide bonds. The van der Waals surface area contributed by atoms with E-state index in [-0.39, 0.29) is 0 Å². The fraction of sp³-hybridized carbons (Fsp3) is 0.800. The second-order valence-corrected chi connectivity index (χ2v) is 4.28. The molecule has 8 nitrogen and oxygen atoms in total. The van der Waals surface area contributed by atoms with Crippen LogP contribution in [-0.4, -0.2) is 101 Å². The van der Waals surface area contributed by atoms with E-state index in [0.717, 1.165) is 10.7 Å². The van der Waals surface area contributed by atoms with Crippen LogP contribution in [0.15, 0.2) is 0 Å². The van der Waals surface area contributed by atoms with Gasteiger partial charge in [0.25, 0.3) is 0 Å². The van der Waals surface area contributed by atoms with E-state index in [1.807, 2.05) is 0 Å². The Morgan fingerprint density at radius 3 is 1.05 bits per heavy atom. The van der Waals surface area contributed by atoms with E-state index in [9.17, 15) is 0 Å². The summed E-state index contributed by atoms with van der Waals surface area (Å²) >= 11 is 8.58. The van der Waals surface area contributed by atoms with Gasteiger partial charge in [-0.3, -0.25) is 0 Å². The monoisotopic (exact) mass is 332 g/mol. The third-order valence-corrected chi connectivity index (χ3v) is 2.70. The SMILES string of the molecule is OCC(O)C(O)C(O)C=S.OCC(O)C(O)C(O)C=S. The summed E-state index contributed by atoms with van der Waals surface area (Å²) in [5.74, 6) is 0. The lowest BCUT2D eigenvalue weighted by molar-refractivity contribution is -0.0536. The minimum Gasteiger partial charge on any atom is -0.394 e. The summed E-state index contributed by atoms with van der Waals surface area (Å²) in [5.41, 5.74) is 0. The molecular weight excluding hydrogens is 312 g/mol. The predicted molar refractivity (Wildman–Crippen MR) is 77.5 cm³/mol. The molecular formula is C10H20O8S2. The molecule has 0 fully saturated rings. The lowest BCUT2D eigenvalue weighted by atomic mass is 10.1. The van der Waals surface area contributed by atoms with Gasteiger partial charge in [-0.2, -0.15) is 0 Å². The average Bonchev–Trinajstić information content (AvgIpc) is 2.50. The first-order chi connectivity index (χ1) is 9.26. The zero-order valence-electron chi connectivity index (χ0n) is 10.4. The molecule has 0 saturated carbocycles. The molecule has 120 valence electrons. The van der Waals surface area contributed by atoms with Crippen molar-refractivity contribution in [2.45, 2.75) is 36.6 Å². The third-order valence-electron chi connectivity index (χ3n) is 2.14. The molecule has 0 aromatic rings. The van der Waals surface area contributed by atoms with Crippen LogP contribution in [0.3, 0.4) is 0 Å². The summed E-state index contributed by atoms with van der Waals surface area (Å²) in [6.45, 7) is -1.19. The van der Waals surface area contributed by atoms with E-state index in [2.05, 4.69) is 24.4 Å². The Balaban J connectivity index is 0. The number of thiocarbonyl (C=S) groups is 2. The molecule has 0 aromatic carbocycles. The van der Waals surface area contributed by atoms with Gasteiger partial charge in [0.05, 0.1) is 13.2 Å². The molecule has 0 aromatic heterocycles. The van der Waals surface area contributed by atoms with Crippen molar-refractivity contribution in [2.24, 2.45) is 0 Å². The van der Waals surface area contributed by atoms with Crippen molar-refractivity contribution in [2.75, 3.05) is 13.2 Å². The fourth-order valence-electron chi connectivity index (χ4n) is 0.832. The standard InChI is InChI=1S/2C5H10O4S/c2*6-1-3(7)5(9)4(8)2-10/h2*2-9H,1H2. The molecule has 0 saturated heterocycles. The molecule has 0 heterocycles. The van der Waals surface area contributed by atoms with E-state index in [1.54, 1.807) is 0 Å². The van der Waals surface area contributed by atoms with Gasteiger partial charge in [-0.05, 0) is 0 Å². The first-order valence-corrected chi connectivity index (χ1v) is 6.41. The Hall–Kier alpha value is -0.140. The Morgan fingerprint density at radius 1 is 0.650 bits per heavy atom. The molecule has 0 aliphatic carbocycles. The molecule has 0 bridgehead atoms. The number of rotatable bonds is 8. The smallest absolute Gasteiger partial charge is 0.112 e. The molecule has 0 rings (SSSR count). The second-order valence-electron chi connectivity index (χ2n) is 3.73. The Labute approximate surface area is 126 Å². The average molecular weight is 332 g/mol. The van der Waals surface area contributed by atoms with Crippen molar-refractivity contribution in [3.8, 4) is 0 Å². The summed E-state index contributed by atoms with van der Waals surface area (Å²) < 4.78 is 0. The topological polar surface area (TPSA) is 162 Å². The molecule has 0 spiro atoms. The molecule has 8 N–H and O–H groups in total. The van der Waals surface area contributed by atoms with Crippen LogP contribution in [0.2, 0.25) is 0 Å². The highest BCUT2D eigenvalue weighted by Gasteiger charge is 2.22. The van der Waals surface area contributed by atoms with Crippen LogP contribution >= 0.6 is 24.4 Å². The Kier molecular flexibility index (Phi) is 13.9. The maximum absolute atomic E-state index is 8.83. The second kappa shape index (κ2) is 12.6. The van der Waals surface area contributed by atoms with Crippen LogP contribution < -0.4 is 0 Å². The zero-order valence-corrected chi connectivity index (χ0v) is 12.1. The van der Waals surface area contributed by atoms with Gasteiger partial charge in [0, 0.05) is 10.7 Å². The van der Waals surface area contributed by atoms with Crippen LogP contribution in [0.4, 0.5) is 0 Å². The highest BCUT2D eigenvalue weighted by atomic mass is 32.1. The van der Waals surface area contributed by atoms with Crippen molar-refractivity contribution in [3.63, 3.8) is 0 Å². The maximum Gasteiger partial charge on any atom is 0.112 e. The van der Waals surface area contributed by atoms with E-state index in [0.29, 0.717) is 0 Å². The lowest BCUT2D eigenvalue weighted by Crippen LogP contribution is -2.39.